The van der Waals surface area contributed by atoms with Crippen LogP contribution >= 0.6 is 11.8 Å². The topological polar surface area (TPSA) is 75.3 Å². The van der Waals surface area contributed by atoms with Crippen LogP contribution in [-0.4, -0.2) is 26.1 Å². The second kappa shape index (κ2) is 6.22. The Bertz CT molecular complexity index is 682. The number of carbonyl (C=O) groups excluding carboxylic acids is 1. The molecule has 1 aliphatic heterocycles. The van der Waals surface area contributed by atoms with Gasteiger partial charge in [0.1, 0.15) is 0 Å². The van der Waals surface area contributed by atoms with E-state index in [1.54, 1.807) is 30.0 Å². The first kappa shape index (κ1) is 15.8. The van der Waals surface area contributed by atoms with Gasteiger partial charge in [0.15, 0.2) is 0 Å². The van der Waals surface area contributed by atoms with Crippen LogP contribution < -0.4 is 10.0 Å². The Balaban J connectivity index is 1.86. The zero-order chi connectivity index (χ0) is 15.7. The Morgan fingerprint density at radius 3 is 2.73 bits per heavy atom. The SMILES string of the molecule is C[C@H]1CSc2ccc(S(=O)(=O)NC3CCCC3)cc2NC1=O. The number of sulfonamides is 1. The van der Waals surface area contributed by atoms with Crippen LogP contribution in [0.4, 0.5) is 5.69 Å². The molecule has 1 aromatic carbocycles. The van der Waals surface area contributed by atoms with Crippen molar-refractivity contribution in [2.75, 3.05) is 11.1 Å². The second-order valence-corrected chi connectivity index (χ2v) is 8.74. The fourth-order valence-electron chi connectivity index (χ4n) is 2.78. The molecule has 0 saturated heterocycles. The van der Waals surface area contributed by atoms with Crippen LogP contribution in [0.15, 0.2) is 28.0 Å². The number of fused-ring (bicyclic) bond motifs is 1. The predicted molar refractivity (Wildman–Crippen MR) is 87.5 cm³/mol. The number of anilines is 1. The Labute approximate surface area is 135 Å². The van der Waals surface area contributed by atoms with Crippen molar-refractivity contribution < 1.29 is 13.2 Å². The summed E-state index contributed by atoms with van der Waals surface area (Å²) in [6, 6.07) is 5.00. The number of nitrogens with one attached hydrogen (secondary N) is 2. The van der Waals surface area contributed by atoms with Gasteiger partial charge in [-0.2, -0.15) is 0 Å². The highest BCUT2D eigenvalue weighted by molar-refractivity contribution is 7.99. The molecule has 1 fully saturated rings. The number of carbonyl (C=O) groups is 1. The van der Waals surface area contributed by atoms with E-state index in [4.69, 9.17) is 0 Å². The number of thioether (sulfide) groups is 1. The summed E-state index contributed by atoms with van der Waals surface area (Å²) in [6.07, 6.45) is 3.94. The lowest BCUT2D eigenvalue weighted by Crippen LogP contribution is -2.32. The molecule has 0 aromatic heterocycles. The summed E-state index contributed by atoms with van der Waals surface area (Å²) >= 11 is 1.58. The van der Waals surface area contributed by atoms with Crippen molar-refractivity contribution in [3.63, 3.8) is 0 Å². The average molecular weight is 340 g/mol. The van der Waals surface area contributed by atoms with E-state index in [-0.39, 0.29) is 22.8 Å². The molecular formula is C15H20N2O3S2. The first-order valence-corrected chi connectivity index (χ1v) is 10.0. The van der Waals surface area contributed by atoms with Crippen LogP contribution in [0, 0.1) is 5.92 Å². The zero-order valence-electron chi connectivity index (χ0n) is 12.5. The number of rotatable bonds is 3. The highest BCUT2D eigenvalue weighted by atomic mass is 32.2. The highest BCUT2D eigenvalue weighted by Gasteiger charge is 2.25. The Hall–Kier alpha value is -1.05. The summed E-state index contributed by atoms with van der Waals surface area (Å²) in [7, 11) is -3.53. The standard InChI is InChI=1S/C15H20N2O3S2/c1-10-9-21-14-7-6-12(8-13(14)16-15(10)18)22(19,20)17-11-4-2-3-5-11/h6-8,10-11,17H,2-5,9H2,1H3,(H,16,18)/t10-/m0/s1. The maximum Gasteiger partial charge on any atom is 0.240 e. The van der Waals surface area contributed by atoms with Crippen LogP contribution in [0.25, 0.3) is 0 Å². The first-order valence-electron chi connectivity index (χ1n) is 7.56. The second-order valence-electron chi connectivity index (χ2n) is 5.96. The van der Waals surface area contributed by atoms with Gasteiger partial charge in [-0.1, -0.05) is 19.8 Å². The number of benzene rings is 1. The third-order valence-corrected chi connectivity index (χ3v) is 6.98. The third kappa shape index (κ3) is 3.31. The van der Waals surface area contributed by atoms with Gasteiger partial charge in [-0.05, 0) is 31.0 Å². The van der Waals surface area contributed by atoms with Crippen LogP contribution in [0.3, 0.4) is 0 Å². The molecule has 0 spiro atoms. The lowest BCUT2D eigenvalue weighted by atomic mass is 10.2. The molecule has 5 nitrogen and oxygen atoms in total. The molecule has 0 bridgehead atoms. The van der Waals surface area contributed by atoms with E-state index in [9.17, 15) is 13.2 Å². The van der Waals surface area contributed by atoms with Gasteiger partial charge in [0, 0.05) is 22.6 Å². The van der Waals surface area contributed by atoms with Crippen molar-refractivity contribution in [3.8, 4) is 0 Å². The van der Waals surface area contributed by atoms with Gasteiger partial charge in [-0.25, -0.2) is 13.1 Å². The summed E-state index contributed by atoms with van der Waals surface area (Å²) in [5.41, 5.74) is 0.591. The van der Waals surface area contributed by atoms with Crippen LogP contribution in [0.5, 0.6) is 0 Å². The van der Waals surface area contributed by atoms with Gasteiger partial charge in [0.25, 0.3) is 0 Å². The monoisotopic (exact) mass is 340 g/mol. The smallest absolute Gasteiger partial charge is 0.240 e. The summed E-state index contributed by atoms with van der Waals surface area (Å²) in [5.74, 6) is 0.546. The Morgan fingerprint density at radius 1 is 1.27 bits per heavy atom. The molecule has 2 N–H and O–H groups in total. The summed E-state index contributed by atoms with van der Waals surface area (Å²) in [4.78, 5) is 13.1. The fourth-order valence-corrected chi connectivity index (χ4v) is 5.12. The van der Waals surface area contributed by atoms with Crippen molar-refractivity contribution >= 4 is 33.4 Å². The minimum atomic E-state index is -3.53. The normalized spacial score (nSPS) is 23.0. The van der Waals surface area contributed by atoms with Crippen molar-refractivity contribution in [1.29, 1.82) is 0 Å². The van der Waals surface area contributed by atoms with E-state index in [1.807, 2.05) is 6.92 Å². The maximum atomic E-state index is 12.5. The van der Waals surface area contributed by atoms with Crippen molar-refractivity contribution in [3.05, 3.63) is 18.2 Å². The van der Waals surface area contributed by atoms with E-state index in [1.165, 1.54) is 0 Å². The molecular weight excluding hydrogens is 320 g/mol. The first-order chi connectivity index (χ1) is 10.5. The number of amides is 1. The van der Waals surface area contributed by atoms with E-state index < -0.39 is 10.0 Å². The number of hydrogen-bond acceptors (Lipinski definition) is 4. The zero-order valence-corrected chi connectivity index (χ0v) is 14.1. The molecule has 1 aliphatic carbocycles. The van der Waals surface area contributed by atoms with Gasteiger partial charge in [0.05, 0.1) is 10.6 Å². The summed E-state index contributed by atoms with van der Waals surface area (Å²) < 4.78 is 27.7. The minimum absolute atomic E-state index is 0.0350. The van der Waals surface area contributed by atoms with Crippen LogP contribution in [-0.2, 0) is 14.8 Å². The fraction of sp³-hybridized carbons (Fsp3) is 0.533. The minimum Gasteiger partial charge on any atom is -0.325 e. The molecule has 3 rings (SSSR count). The van der Waals surface area contributed by atoms with Crippen LogP contribution in [0.1, 0.15) is 32.6 Å². The largest absolute Gasteiger partial charge is 0.325 e. The summed E-state index contributed by atoms with van der Waals surface area (Å²) in [6.45, 7) is 1.87. The van der Waals surface area contributed by atoms with Gasteiger partial charge < -0.3 is 5.32 Å². The van der Waals surface area contributed by atoms with Gasteiger partial charge in [-0.15, -0.1) is 11.8 Å². The van der Waals surface area contributed by atoms with Gasteiger partial charge in [-0.3, -0.25) is 4.79 Å². The average Bonchev–Trinajstić information content (AvgIpc) is 2.92. The molecule has 1 heterocycles. The molecule has 1 saturated carbocycles. The Morgan fingerprint density at radius 2 is 2.00 bits per heavy atom. The van der Waals surface area contributed by atoms with Gasteiger partial charge in [0.2, 0.25) is 15.9 Å². The van der Waals surface area contributed by atoms with Crippen molar-refractivity contribution in [2.45, 2.75) is 48.4 Å². The van der Waals surface area contributed by atoms with Crippen molar-refractivity contribution in [2.24, 2.45) is 5.92 Å². The molecule has 120 valence electrons. The highest BCUT2D eigenvalue weighted by Crippen LogP contribution is 2.34. The Kier molecular flexibility index (Phi) is 4.47. The third-order valence-electron chi connectivity index (χ3n) is 4.13. The molecule has 7 heteroatoms. The lowest BCUT2D eigenvalue weighted by molar-refractivity contribution is -0.118. The molecule has 2 aliphatic rings. The van der Waals surface area contributed by atoms with Gasteiger partial charge >= 0.3 is 0 Å². The molecule has 1 amide bonds. The van der Waals surface area contributed by atoms with E-state index >= 15 is 0 Å². The number of hydrogen-bond donors (Lipinski definition) is 2. The molecule has 0 unspecified atom stereocenters. The molecule has 1 aromatic rings. The molecule has 0 radical (unpaired) electrons. The lowest BCUT2D eigenvalue weighted by Gasteiger charge is -2.14. The quantitative estimate of drug-likeness (QED) is 0.887. The van der Waals surface area contributed by atoms with Crippen LogP contribution in [0.2, 0.25) is 0 Å². The van der Waals surface area contributed by atoms with Crippen molar-refractivity contribution in [1.82, 2.24) is 4.72 Å². The maximum absolute atomic E-state index is 12.5. The van der Waals surface area contributed by atoms with E-state index in [0.717, 1.165) is 30.6 Å². The molecule has 1 atom stereocenters. The van der Waals surface area contributed by atoms with E-state index in [0.29, 0.717) is 11.4 Å². The predicted octanol–water partition coefficient (Wildman–Crippen LogP) is 2.59. The summed E-state index contributed by atoms with van der Waals surface area (Å²) in [5, 5.41) is 2.83. The molecule has 22 heavy (non-hydrogen) atoms. The van der Waals surface area contributed by atoms with E-state index in [2.05, 4.69) is 10.0 Å².